The summed E-state index contributed by atoms with van der Waals surface area (Å²) in [6.45, 7) is 0.563. The summed E-state index contributed by atoms with van der Waals surface area (Å²) in [6, 6.07) is 14.5. The van der Waals surface area contributed by atoms with Crippen LogP contribution in [-0.4, -0.2) is 18.2 Å². The zero-order valence-electron chi connectivity index (χ0n) is 12.2. The second-order valence-electron chi connectivity index (χ2n) is 5.68. The van der Waals surface area contributed by atoms with Gasteiger partial charge in [-0.2, -0.15) is 5.26 Å². The second kappa shape index (κ2) is 4.96. The van der Waals surface area contributed by atoms with Gasteiger partial charge in [-0.05, 0) is 29.8 Å². The molecule has 2 heterocycles. The third-order valence-electron chi connectivity index (χ3n) is 4.38. The summed E-state index contributed by atoms with van der Waals surface area (Å²) in [4.78, 5) is 26.7. The Morgan fingerprint density at radius 3 is 2.57 bits per heavy atom. The first-order valence-corrected chi connectivity index (χ1v) is 7.43. The minimum Gasteiger partial charge on any atom is -0.346 e. The molecule has 0 spiro atoms. The van der Waals surface area contributed by atoms with Crippen molar-refractivity contribution in [2.45, 2.75) is 12.6 Å². The Morgan fingerprint density at radius 2 is 1.83 bits per heavy atom. The van der Waals surface area contributed by atoms with Crippen LogP contribution in [0.15, 0.2) is 42.5 Å². The van der Waals surface area contributed by atoms with Gasteiger partial charge in [-0.3, -0.25) is 9.59 Å². The van der Waals surface area contributed by atoms with Gasteiger partial charge in [0, 0.05) is 18.5 Å². The summed E-state index contributed by atoms with van der Waals surface area (Å²) in [7, 11) is 0. The van der Waals surface area contributed by atoms with Gasteiger partial charge in [0.25, 0.3) is 5.91 Å². The number of rotatable bonds is 1. The van der Waals surface area contributed by atoms with Crippen molar-refractivity contribution in [2.75, 3.05) is 11.4 Å². The summed E-state index contributed by atoms with van der Waals surface area (Å²) in [5.74, 6) is -0.103. The van der Waals surface area contributed by atoms with E-state index in [0.29, 0.717) is 29.7 Å². The lowest BCUT2D eigenvalue weighted by molar-refractivity contribution is 0.0921. The van der Waals surface area contributed by atoms with Crippen LogP contribution in [0.1, 0.15) is 44.4 Å². The maximum absolute atomic E-state index is 12.4. The number of carbonyl (C=O) groups excluding carboxylic acids is 2. The van der Waals surface area contributed by atoms with E-state index in [4.69, 9.17) is 5.26 Å². The first-order valence-electron chi connectivity index (χ1n) is 7.43. The number of ketones is 1. The van der Waals surface area contributed by atoms with Gasteiger partial charge >= 0.3 is 0 Å². The molecule has 0 bridgehead atoms. The average Bonchev–Trinajstić information content (AvgIpc) is 2.60. The lowest BCUT2D eigenvalue weighted by atomic mass is 9.92. The molecular weight excluding hydrogens is 290 g/mol. The van der Waals surface area contributed by atoms with Crippen LogP contribution in [0.3, 0.4) is 0 Å². The molecule has 23 heavy (non-hydrogen) atoms. The van der Waals surface area contributed by atoms with Gasteiger partial charge in [0.2, 0.25) is 0 Å². The topological polar surface area (TPSA) is 73.2 Å². The predicted octanol–water partition coefficient (Wildman–Crippen LogP) is 2.39. The van der Waals surface area contributed by atoms with E-state index in [9.17, 15) is 9.59 Å². The van der Waals surface area contributed by atoms with Crippen LogP contribution in [0, 0.1) is 11.3 Å². The van der Waals surface area contributed by atoms with Gasteiger partial charge in [0.15, 0.2) is 5.78 Å². The molecule has 1 N–H and O–H groups in total. The highest BCUT2D eigenvalue weighted by Crippen LogP contribution is 2.39. The fourth-order valence-corrected chi connectivity index (χ4v) is 3.27. The molecule has 1 atom stereocenters. The molecule has 112 valence electrons. The van der Waals surface area contributed by atoms with Gasteiger partial charge < -0.3 is 10.2 Å². The number of nitrogens with zero attached hydrogens (tertiary/aromatic N) is 2. The minimum absolute atomic E-state index is 0.0754. The van der Waals surface area contributed by atoms with Crippen LogP contribution in [0.2, 0.25) is 0 Å². The molecule has 2 aliphatic rings. The van der Waals surface area contributed by atoms with Crippen molar-refractivity contribution >= 4 is 17.4 Å². The molecule has 1 unspecified atom stereocenters. The first kappa shape index (κ1) is 13.5. The van der Waals surface area contributed by atoms with Crippen LogP contribution >= 0.6 is 0 Å². The number of nitrogens with one attached hydrogen (secondary N) is 1. The first-order chi connectivity index (χ1) is 11.2. The number of carbonyl (C=O) groups is 2. The normalized spacial score (nSPS) is 18.9. The van der Waals surface area contributed by atoms with Crippen molar-refractivity contribution in [3.05, 3.63) is 64.7 Å². The predicted molar refractivity (Wildman–Crippen MR) is 84.1 cm³/mol. The molecule has 5 heteroatoms. The Bertz CT molecular complexity index is 851. The molecule has 0 saturated heterocycles. The smallest absolute Gasteiger partial charge is 0.255 e. The quantitative estimate of drug-likeness (QED) is 0.878. The fourth-order valence-electron chi connectivity index (χ4n) is 3.27. The Labute approximate surface area is 133 Å². The van der Waals surface area contributed by atoms with E-state index in [1.54, 1.807) is 30.3 Å². The van der Waals surface area contributed by atoms with E-state index in [0.717, 1.165) is 11.3 Å². The molecule has 2 aromatic carbocycles. The molecule has 1 amide bonds. The van der Waals surface area contributed by atoms with Crippen LogP contribution in [-0.2, 0) is 0 Å². The molecule has 0 fully saturated rings. The SMILES string of the molecule is N#Cc1ccc(C2NC(=O)c3cccc4c3N2CCC4=O)cc1. The summed E-state index contributed by atoms with van der Waals surface area (Å²) in [5, 5.41) is 11.9. The van der Waals surface area contributed by atoms with Crippen molar-refractivity contribution in [1.82, 2.24) is 5.32 Å². The lowest BCUT2D eigenvalue weighted by Crippen LogP contribution is -2.49. The number of hydrogen-bond donors (Lipinski definition) is 1. The van der Waals surface area contributed by atoms with Crippen molar-refractivity contribution in [1.29, 1.82) is 5.26 Å². The van der Waals surface area contributed by atoms with Gasteiger partial charge in [-0.25, -0.2) is 0 Å². The van der Waals surface area contributed by atoms with E-state index >= 15 is 0 Å². The molecule has 0 aromatic heterocycles. The Hall–Kier alpha value is -3.13. The maximum Gasteiger partial charge on any atom is 0.255 e. The van der Waals surface area contributed by atoms with Crippen molar-refractivity contribution in [3.63, 3.8) is 0 Å². The lowest BCUT2D eigenvalue weighted by Gasteiger charge is -2.42. The number of Topliss-reactive ketones (excluding diaryl/α,β-unsaturated/α-hetero) is 1. The van der Waals surface area contributed by atoms with Crippen LogP contribution in [0.5, 0.6) is 0 Å². The molecular formula is C18H13N3O2. The second-order valence-corrected chi connectivity index (χ2v) is 5.68. The fraction of sp³-hybridized carbons (Fsp3) is 0.167. The molecule has 2 aliphatic heterocycles. The van der Waals surface area contributed by atoms with E-state index in [-0.39, 0.29) is 17.9 Å². The van der Waals surface area contributed by atoms with Crippen molar-refractivity contribution in [3.8, 4) is 6.07 Å². The van der Waals surface area contributed by atoms with E-state index in [1.165, 1.54) is 0 Å². The monoisotopic (exact) mass is 303 g/mol. The van der Waals surface area contributed by atoms with Crippen molar-refractivity contribution in [2.24, 2.45) is 0 Å². The number of hydrogen-bond acceptors (Lipinski definition) is 4. The zero-order chi connectivity index (χ0) is 16.0. The third kappa shape index (κ3) is 2.00. The molecule has 4 rings (SSSR count). The summed E-state index contributed by atoms with van der Waals surface area (Å²) >= 11 is 0. The van der Waals surface area contributed by atoms with Gasteiger partial charge in [-0.1, -0.05) is 18.2 Å². The Balaban J connectivity index is 1.84. The van der Waals surface area contributed by atoms with Gasteiger partial charge in [-0.15, -0.1) is 0 Å². The number of anilines is 1. The van der Waals surface area contributed by atoms with Gasteiger partial charge in [0.05, 0.1) is 22.9 Å². The van der Waals surface area contributed by atoms with E-state index in [1.807, 2.05) is 12.1 Å². The average molecular weight is 303 g/mol. The summed E-state index contributed by atoms with van der Waals surface area (Å²) in [6.07, 6.45) is 0.107. The highest BCUT2D eigenvalue weighted by molar-refractivity contribution is 6.11. The molecule has 5 nitrogen and oxygen atoms in total. The minimum atomic E-state index is -0.322. The number of nitriles is 1. The number of benzene rings is 2. The van der Waals surface area contributed by atoms with Crippen LogP contribution in [0.25, 0.3) is 0 Å². The molecule has 2 aromatic rings. The standard InChI is InChI=1S/C18H13N3O2/c19-10-11-4-6-12(7-5-11)17-20-18(23)14-3-1-2-13-15(22)8-9-21(17)16(13)14/h1-7,17H,8-9H2,(H,20,23). The van der Waals surface area contributed by atoms with Gasteiger partial charge in [0.1, 0.15) is 6.17 Å². The van der Waals surface area contributed by atoms with Crippen molar-refractivity contribution < 1.29 is 9.59 Å². The van der Waals surface area contributed by atoms with Crippen LogP contribution < -0.4 is 10.2 Å². The third-order valence-corrected chi connectivity index (χ3v) is 4.38. The highest BCUT2D eigenvalue weighted by Gasteiger charge is 2.37. The number of para-hydroxylation sites is 1. The maximum atomic E-state index is 12.4. The van der Waals surface area contributed by atoms with E-state index < -0.39 is 0 Å². The highest BCUT2D eigenvalue weighted by atomic mass is 16.2. The molecule has 0 aliphatic carbocycles. The zero-order valence-corrected chi connectivity index (χ0v) is 12.2. The Kier molecular flexibility index (Phi) is 2.91. The summed E-state index contributed by atoms with van der Waals surface area (Å²) in [5.41, 5.74) is 3.35. The largest absolute Gasteiger partial charge is 0.346 e. The molecule has 0 saturated carbocycles. The Morgan fingerprint density at radius 1 is 1.09 bits per heavy atom. The van der Waals surface area contributed by atoms with Crippen LogP contribution in [0.4, 0.5) is 5.69 Å². The molecule has 0 radical (unpaired) electrons. The summed E-state index contributed by atoms with van der Waals surface area (Å²) < 4.78 is 0. The van der Waals surface area contributed by atoms with E-state index in [2.05, 4.69) is 16.3 Å². The number of amides is 1.